The maximum atomic E-state index is 8.46. The molecule has 4 rings (SSSR count). The second-order valence-electron chi connectivity index (χ2n) is 7.37. The molecule has 7 heteroatoms. The van der Waals surface area contributed by atoms with Crippen LogP contribution in [-0.2, 0) is 4.74 Å². The van der Waals surface area contributed by atoms with Gasteiger partial charge in [0.1, 0.15) is 23.2 Å². The molecule has 2 aliphatic rings. The third-order valence-electron chi connectivity index (χ3n) is 5.45. The van der Waals surface area contributed by atoms with E-state index in [0.29, 0.717) is 31.3 Å². The lowest BCUT2D eigenvalue weighted by Gasteiger charge is -2.30. The van der Waals surface area contributed by atoms with Crippen LogP contribution in [0.1, 0.15) is 36.1 Å². The summed E-state index contributed by atoms with van der Waals surface area (Å²) in [6.07, 6.45) is 3.42. The minimum absolute atomic E-state index is 0.0540. The van der Waals surface area contributed by atoms with Gasteiger partial charge in [0.05, 0.1) is 26.0 Å². The van der Waals surface area contributed by atoms with Gasteiger partial charge in [-0.05, 0) is 36.1 Å². The normalized spacial score (nSPS) is 22.5. The van der Waals surface area contributed by atoms with Crippen LogP contribution in [-0.4, -0.2) is 48.2 Å². The molecule has 2 heterocycles. The van der Waals surface area contributed by atoms with Crippen molar-refractivity contribution in [2.45, 2.75) is 25.0 Å². The Balaban J connectivity index is 1.52. The van der Waals surface area contributed by atoms with Crippen LogP contribution in [0.2, 0.25) is 0 Å². The Kier molecular flexibility index (Phi) is 5.57. The lowest BCUT2D eigenvalue weighted by atomic mass is 9.86. The van der Waals surface area contributed by atoms with E-state index >= 15 is 0 Å². The van der Waals surface area contributed by atoms with Crippen molar-refractivity contribution in [1.29, 1.82) is 10.8 Å². The highest BCUT2D eigenvalue weighted by Crippen LogP contribution is 2.37. The van der Waals surface area contributed by atoms with Crippen molar-refractivity contribution in [2.24, 2.45) is 5.73 Å². The highest BCUT2D eigenvalue weighted by molar-refractivity contribution is 5.83. The summed E-state index contributed by atoms with van der Waals surface area (Å²) in [6.45, 7) is 3.50. The molecule has 4 N–H and O–H groups in total. The van der Waals surface area contributed by atoms with Gasteiger partial charge in [-0.1, -0.05) is 24.3 Å². The molecule has 28 heavy (non-hydrogen) atoms. The molecule has 2 atom stereocenters. The van der Waals surface area contributed by atoms with Crippen molar-refractivity contribution in [2.75, 3.05) is 32.8 Å². The molecular weight excluding hydrogens is 354 g/mol. The van der Waals surface area contributed by atoms with E-state index in [4.69, 9.17) is 26.0 Å². The molecule has 1 aliphatic heterocycles. The monoisotopic (exact) mass is 381 g/mol. The molecule has 1 aliphatic carbocycles. The highest BCUT2D eigenvalue weighted by atomic mass is 16.5. The van der Waals surface area contributed by atoms with Gasteiger partial charge in [0.2, 0.25) is 0 Å². The number of nitrogens with two attached hydrogens (primary N) is 1. The maximum Gasteiger partial charge on any atom is 0.137 e. The van der Waals surface area contributed by atoms with Gasteiger partial charge in [-0.2, -0.15) is 0 Å². The Hall–Kier alpha value is -2.48. The smallest absolute Gasteiger partial charge is 0.137 e. The molecule has 148 valence electrons. The van der Waals surface area contributed by atoms with Crippen LogP contribution < -0.4 is 16.0 Å². The molecule has 1 fully saturated rings. The number of fused-ring (bicyclic) bond motifs is 1. The van der Waals surface area contributed by atoms with Gasteiger partial charge in [0, 0.05) is 19.1 Å². The summed E-state index contributed by atoms with van der Waals surface area (Å²) in [5.74, 6) is 1.03. The second kappa shape index (κ2) is 8.26. The number of morpholine rings is 1. The zero-order valence-electron chi connectivity index (χ0n) is 15.9. The molecule has 1 aromatic carbocycles. The van der Waals surface area contributed by atoms with Crippen molar-refractivity contribution in [3.05, 3.63) is 59.2 Å². The number of hydrogen-bond acceptors (Lipinski definition) is 6. The van der Waals surface area contributed by atoms with E-state index in [9.17, 15) is 0 Å². The van der Waals surface area contributed by atoms with Crippen LogP contribution >= 0.6 is 0 Å². The number of ether oxygens (including phenoxy) is 2. The first-order chi connectivity index (χ1) is 13.6. The lowest BCUT2D eigenvalue weighted by Crippen LogP contribution is -2.42. The van der Waals surface area contributed by atoms with Crippen LogP contribution in [0.15, 0.2) is 42.6 Å². The Labute approximate surface area is 164 Å². The molecular formula is C21H27N5O2. The summed E-state index contributed by atoms with van der Waals surface area (Å²) < 4.78 is 13.2. The van der Waals surface area contributed by atoms with E-state index in [1.165, 1.54) is 0 Å². The first-order valence-electron chi connectivity index (χ1n) is 9.78. The van der Waals surface area contributed by atoms with Crippen LogP contribution in [0.4, 0.5) is 0 Å². The van der Waals surface area contributed by atoms with E-state index in [1.54, 1.807) is 22.9 Å². The highest BCUT2D eigenvalue weighted by Gasteiger charge is 2.26. The topological polar surface area (TPSA) is 100 Å². The number of nitrogens with one attached hydrogen (secondary N) is 2. The summed E-state index contributed by atoms with van der Waals surface area (Å²) in [5, 5.41) is 16.6. The Morgan fingerprint density at radius 3 is 2.64 bits per heavy atom. The molecule has 2 aromatic rings. The predicted octanol–water partition coefficient (Wildman–Crippen LogP) is 2.04. The van der Waals surface area contributed by atoms with E-state index < -0.39 is 0 Å². The van der Waals surface area contributed by atoms with Crippen molar-refractivity contribution in [1.82, 2.24) is 9.47 Å². The van der Waals surface area contributed by atoms with Crippen molar-refractivity contribution in [3.63, 3.8) is 0 Å². The standard InChI is InChI=1S/C21H27N5O2/c22-18-6-7-19(17-4-2-1-3-16(17)18)28-15-5-8-20(23)26(13-15)21(24)14-25-9-11-27-12-10-25/h1-5,8,13,18-19,23-24H,6-7,9-12,14,22H2. The third kappa shape index (κ3) is 4.01. The van der Waals surface area contributed by atoms with Crippen molar-refractivity contribution >= 4 is 5.84 Å². The SMILES string of the molecule is N=C(CN1CCOCC1)n1cc(OC2CCC(N)c3ccccc32)ccc1=N. The molecule has 2 unspecified atom stereocenters. The number of nitrogens with zero attached hydrogens (tertiary/aromatic N) is 2. The minimum Gasteiger partial charge on any atom is -0.484 e. The van der Waals surface area contributed by atoms with E-state index in [2.05, 4.69) is 17.0 Å². The first kappa shape index (κ1) is 18.9. The van der Waals surface area contributed by atoms with Crippen LogP contribution in [0.5, 0.6) is 5.75 Å². The van der Waals surface area contributed by atoms with Crippen LogP contribution in [0.3, 0.4) is 0 Å². The summed E-state index contributed by atoms with van der Waals surface area (Å²) in [5.41, 5.74) is 8.80. The summed E-state index contributed by atoms with van der Waals surface area (Å²) in [4.78, 5) is 2.17. The fourth-order valence-electron chi connectivity index (χ4n) is 3.89. The molecule has 0 amide bonds. The number of hydrogen-bond donors (Lipinski definition) is 3. The first-order valence-corrected chi connectivity index (χ1v) is 9.78. The molecule has 0 saturated carbocycles. The zero-order valence-corrected chi connectivity index (χ0v) is 15.9. The number of benzene rings is 1. The van der Waals surface area contributed by atoms with Crippen molar-refractivity contribution < 1.29 is 9.47 Å². The predicted molar refractivity (Wildman–Crippen MR) is 107 cm³/mol. The summed E-state index contributed by atoms with van der Waals surface area (Å²) in [6, 6.07) is 11.7. The number of rotatable bonds is 4. The van der Waals surface area contributed by atoms with E-state index in [0.717, 1.165) is 37.1 Å². The fraction of sp³-hybridized carbons (Fsp3) is 0.429. The van der Waals surface area contributed by atoms with Gasteiger partial charge >= 0.3 is 0 Å². The van der Waals surface area contributed by atoms with Gasteiger partial charge in [0.15, 0.2) is 0 Å². The number of aromatic nitrogens is 1. The van der Waals surface area contributed by atoms with Gasteiger partial charge in [-0.3, -0.25) is 20.3 Å². The molecule has 7 nitrogen and oxygen atoms in total. The number of pyridine rings is 1. The van der Waals surface area contributed by atoms with Gasteiger partial charge in [0.25, 0.3) is 0 Å². The zero-order chi connectivity index (χ0) is 19.5. The fourth-order valence-corrected chi connectivity index (χ4v) is 3.89. The Morgan fingerprint density at radius 1 is 1.11 bits per heavy atom. The van der Waals surface area contributed by atoms with Gasteiger partial charge < -0.3 is 15.2 Å². The minimum atomic E-state index is -0.0607. The molecule has 0 spiro atoms. The quantitative estimate of drug-likeness (QED) is 0.557. The van der Waals surface area contributed by atoms with Crippen molar-refractivity contribution in [3.8, 4) is 5.75 Å². The third-order valence-corrected chi connectivity index (χ3v) is 5.45. The van der Waals surface area contributed by atoms with Gasteiger partial charge in [-0.25, -0.2) is 0 Å². The van der Waals surface area contributed by atoms with Gasteiger partial charge in [-0.15, -0.1) is 0 Å². The van der Waals surface area contributed by atoms with Crippen LogP contribution in [0.25, 0.3) is 0 Å². The average Bonchev–Trinajstić information content (AvgIpc) is 2.72. The molecule has 1 saturated heterocycles. The molecule has 1 aromatic heterocycles. The van der Waals surface area contributed by atoms with E-state index in [-0.39, 0.29) is 17.6 Å². The largest absolute Gasteiger partial charge is 0.484 e. The summed E-state index contributed by atoms with van der Waals surface area (Å²) in [7, 11) is 0. The summed E-state index contributed by atoms with van der Waals surface area (Å²) >= 11 is 0. The van der Waals surface area contributed by atoms with E-state index in [1.807, 2.05) is 12.1 Å². The molecule has 0 radical (unpaired) electrons. The molecule has 0 bridgehead atoms. The second-order valence-corrected chi connectivity index (χ2v) is 7.37. The average molecular weight is 381 g/mol. The van der Waals surface area contributed by atoms with Crippen LogP contribution in [0, 0.1) is 10.8 Å². The lowest BCUT2D eigenvalue weighted by molar-refractivity contribution is 0.0449. The Bertz CT molecular complexity index is 904. The maximum absolute atomic E-state index is 8.46. The Morgan fingerprint density at radius 2 is 1.86 bits per heavy atom.